The van der Waals surface area contributed by atoms with E-state index < -0.39 is 10.0 Å². The highest BCUT2D eigenvalue weighted by Crippen LogP contribution is 2.35. The number of hydrogen-bond acceptors (Lipinski definition) is 4. The van der Waals surface area contributed by atoms with Crippen molar-refractivity contribution in [3.8, 4) is 0 Å². The maximum absolute atomic E-state index is 11.5. The molecule has 2 N–H and O–H groups in total. The van der Waals surface area contributed by atoms with Gasteiger partial charge in [0.15, 0.2) is 0 Å². The van der Waals surface area contributed by atoms with Crippen molar-refractivity contribution in [2.24, 2.45) is 0 Å². The molecule has 2 heterocycles. The number of anilines is 1. The van der Waals surface area contributed by atoms with Gasteiger partial charge in [0.2, 0.25) is 10.0 Å². The molecule has 120 valence electrons. The fourth-order valence-corrected chi connectivity index (χ4v) is 4.04. The van der Waals surface area contributed by atoms with E-state index in [9.17, 15) is 8.42 Å². The van der Waals surface area contributed by atoms with Crippen molar-refractivity contribution in [2.75, 3.05) is 11.0 Å². The van der Waals surface area contributed by atoms with Crippen LogP contribution in [0.2, 0.25) is 0 Å². The predicted octanol–water partition coefficient (Wildman–Crippen LogP) is 3.33. The van der Waals surface area contributed by atoms with Gasteiger partial charge in [-0.05, 0) is 46.5 Å². The minimum Gasteiger partial charge on any atom is -0.348 e. The first-order valence-corrected chi connectivity index (χ1v) is 9.86. The molecule has 0 spiro atoms. The first kappa shape index (κ1) is 15.8. The highest BCUT2D eigenvalue weighted by atomic mass is 32.2. The summed E-state index contributed by atoms with van der Waals surface area (Å²) in [7, 11) is -3.30. The number of nitrogens with zero attached hydrogens (tertiary/aromatic N) is 1. The fraction of sp³-hybridized carbons (Fsp3) is 0.188. The number of benzene rings is 1. The van der Waals surface area contributed by atoms with Gasteiger partial charge in [-0.15, -0.1) is 0 Å². The van der Waals surface area contributed by atoms with Crippen LogP contribution in [-0.4, -0.2) is 24.6 Å². The molecule has 1 atom stereocenters. The van der Waals surface area contributed by atoms with Crippen LogP contribution in [0.15, 0.2) is 47.5 Å². The number of sulfonamides is 1. The average Bonchev–Trinajstić information content (AvgIpc) is 3.11. The lowest BCUT2D eigenvalue weighted by Gasteiger charge is -2.17. The van der Waals surface area contributed by atoms with Gasteiger partial charge in [-0.3, -0.25) is 4.72 Å². The summed E-state index contributed by atoms with van der Waals surface area (Å²) >= 11 is 1.65. The Bertz CT molecular complexity index is 899. The molecule has 5 nitrogen and oxygen atoms in total. The molecular weight excluding hydrogens is 330 g/mol. The summed E-state index contributed by atoms with van der Waals surface area (Å²) in [6.45, 7) is 2.08. The van der Waals surface area contributed by atoms with Crippen LogP contribution in [-0.2, 0) is 10.0 Å². The van der Waals surface area contributed by atoms with Gasteiger partial charge in [-0.1, -0.05) is 12.1 Å². The van der Waals surface area contributed by atoms with E-state index in [1.54, 1.807) is 29.9 Å². The summed E-state index contributed by atoms with van der Waals surface area (Å²) in [4.78, 5) is 7.30. The second-order valence-electron chi connectivity index (χ2n) is 5.45. The average molecular weight is 347 g/mol. The zero-order chi connectivity index (χ0) is 16.4. The second-order valence-corrected chi connectivity index (χ2v) is 7.94. The van der Waals surface area contributed by atoms with Crippen molar-refractivity contribution < 1.29 is 8.42 Å². The quantitative estimate of drug-likeness (QED) is 0.743. The van der Waals surface area contributed by atoms with Crippen LogP contribution in [0.3, 0.4) is 0 Å². The van der Waals surface area contributed by atoms with Crippen LogP contribution >= 0.6 is 11.3 Å². The molecule has 0 aliphatic rings. The van der Waals surface area contributed by atoms with E-state index in [0.29, 0.717) is 5.69 Å². The molecule has 0 amide bonds. The number of aryl methyl sites for hydroxylation is 1. The lowest BCUT2D eigenvalue weighted by Crippen LogP contribution is -2.10. The molecule has 0 saturated heterocycles. The molecule has 3 rings (SSSR count). The van der Waals surface area contributed by atoms with Gasteiger partial charge in [0.25, 0.3) is 0 Å². The Kier molecular flexibility index (Phi) is 4.23. The Labute approximate surface area is 139 Å². The number of hydrogen-bond donors (Lipinski definition) is 2. The number of thiophene rings is 1. The number of imidazole rings is 1. The number of H-pyrrole nitrogens is 1. The van der Waals surface area contributed by atoms with E-state index in [2.05, 4.69) is 32.4 Å². The minimum atomic E-state index is -3.30. The van der Waals surface area contributed by atoms with Crippen molar-refractivity contribution in [1.29, 1.82) is 0 Å². The van der Waals surface area contributed by atoms with E-state index in [0.717, 1.165) is 17.5 Å². The van der Waals surface area contributed by atoms with E-state index >= 15 is 0 Å². The summed E-state index contributed by atoms with van der Waals surface area (Å²) in [5.74, 6) is -0.00920. The summed E-state index contributed by atoms with van der Waals surface area (Å²) in [6, 6.07) is 7.46. The maximum atomic E-state index is 11.5. The van der Waals surface area contributed by atoms with Gasteiger partial charge >= 0.3 is 0 Å². The van der Waals surface area contributed by atoms with Crippen LogP contribution in [0, 0.1) is 6.92 Å². The highest BCUT2D eigenvalue weighted by molar-refractivity contribution is 7.92. The lowest BCUT2D eigenvalue weighted by atomic mass is 9.88. The standard InChI is InChI=1S/C16H17N3O2S2/c1-11-8-22-9-14(11)16(15-7-17-10-18-15)12-4-3-5-13(6-12)19-23(2,20)21/h3-10,16,19H,1-2H3,(H,17,18). The molecule has 1 aromatic carbocycles. The molecule has 1 unspecified atom stereocenters. The summed E-state index contributed by atoms with van der Waals surface area (Å²) in [5.41, 5.74) is 4.93. The van der Waals surface area contributed by atoms with Gasteiger partial charge in [-0.2, -0.15) is 11.3 Å². The first-order valence-electron chi connectivity index (χ1n) is 7.03. The monoisotopic (exact) mass is 347 g/mol. The highest BCUT2D eigenvalue weighted by Gasteiger charge is 2.21. The predicted molar refractivity (Wildman–Crippen MR) is 93.5 cm³/mol. The van der Waals surface area contributed by atoms with Crippen LogP contribution in [0.4, 0.5) is 5.69 Å². The van der Waals surface area contributed by atoms with E-state index in [4.69, 9.17) is 0 Å². The zero-order valence-corrected chi connectivity index (χ0v) is 14.4. The van der Waals surface area contributed by atoms with Crippen molar-refractivity contribution in [1.82, 2.24) is 9.97 Å². The van der Waals surface area contributed by atoms with E-state index in [-0.39, 0.29) is 5.92 Å². The molecule has 7 heteroatoms. The van der Waals surface area contributed by atoms with Crippen LogP contribution < -0.4 is 4.72 Å². The number of aromatic nitrogens is 2. The van der Waals surface area contributed by atoms with Crippen molar-refractivity contribution in [3.63, 3.8) is 0 Å². The summed E-state index contributed by atoms with van der Waals surface area (Å²) in [6.07, 6.45) is 4.61. The van der Waals surface area contributed by atoms with E-state index in [1.165, 1.54) is 11.1 Å². The lowest BCUT2D eigenvalue weighted by molar-refractivity contribution is 0.607. The van der Waals surface area contributed by atoms with E-state index in [1.807, 2.05) is 18.2 Å². The molecule has 23 heavy (non-hydrogen) atoms. The molecule has 0 aliphatic carbocycles. The normalized spacial score (nSPS) is 13.0. The van der Waals surface area contributed by atoms with Crippen molar-refractivity contribution in [2.45, 2.75) is 12.8 Å². The largest absolute Gasteiger partial charge is 0.348 e. The Morgan fingerprint density at radius 1 is 1.30 bits per heavy atom. The van der Waals surface area contributed by atoms with Gasteiger partial charge in [-0.25, -0.2) is 13.4 Å². The topological polar surface area (TPSA) is 74.8 Å². The van der Waals surface area contributed by atoms with Crippen LogP contribution in [0.5, 0.6) is 0 Å². The molecule has 3 aromatic rings. The summed E-state index contributed by atoms with van der Waals surface area (Å²) in [5, 5.41) is 4.23. The Balaban J connectivity index is 2.08. The zero-order valence-electron chi connectivity index (χ0n) is 12.8. The second kappa shape index (κ2) is 6.17. The molecule has 0 fully saturated rings. The van der Waals surface area contributed by atoms with Gasteiger partial charge < -0.3 is 4.98 Å². The third-order valence-corrected chi connectivity index (χ3v) is 5.05. The van der Waals surface area contributed by atoms with Gasteiger partial charge in [0.05, 0.1) is 18.5 Å². The first-order chi connectivity index (χ1) is 10.9. The smallest absolute Gasteiger partial charge is 0.229 e. The Morgan fingerprint density at radius 3 is 2.74 bits per heavy atom. The molecule has 0 bridgehead atoms. The number of aromatic amines is 1. The SMILES string of the molecule is Cc1cscc1C(c1cccc(NS(C)(=O)=O)c1)c1cnc[nH]1. The van der Waals surface area contributed by atoms with Crippen molar-refractivity contribution >= 4 is 27.0 Å². The Hall–Kier alpha value is -2.12. The van der Waals surface area contributed by atoms with Gasteiger partial charge in [0, 0.05) is 17.6 Å². The third-order valence-electron chi connectivity index (χ3n) is 3.56. The Morgan fingerprint density at radius 2 is 2.13 bits per heavy atom. The number of nitrogens with one attached hydrogen (secondary N) is 2. The fourth-order valence-electron chi connectivity index (χ4n) is 2.61. The van der Waals surface area contributed by atoms with Gasteiger partial charge in [0.1, 0.15) is 0 Å². The maximum Gasteiger partial charge on any atom is 0.229 e. The molecular formula is C16H17N3O2S2. The molecule has 2 aromatic heterocycles. The molecule has 0 aliphatic heterocycles. The van der Waals surface area contributed by atoms with Crippen molar-refractivity contribution in [3.05, 3.63) is 69.9 Å². The molecule has 0 radical (unpaired) electrons. The van der Waals surface area contributed by atoms with Crippen LogP contribution in [0.25, 0.3) is 0 Å². The number of rotatable bonds is 5. The van der Waals surface area contributed by atoms with Crippen LogP contribution in [0.1, 0.15) is 28.3 Å². The third kappa shape index (κ3) is 3.62. The summed E-state index contributed by atoms with van der Waals surface area (Å²) < 4.78 is 25.5. The molecule has 0 saturated carbocycles. The minimum absolute atomic E-state index is 0.00920.